The van der Waals surface area contributed by atoms with Crippen LogP contribution in [0.25, 0.3) is 0 Å². The van der Waals surface area contributed by atoms with Crippen molar-refractivity contribution in [3.05, 3.63) is 53.6 Å². The van der Waals surface area contributed by atoms with Gasteiger partial charge in [0.25, 0.3) is 0 Å². The van der Waals surface area contributed by atoms with E-state index in [-0.39, 0.29) is 44.0 Å². The molecule has 2 amide bonds. The van der Waals surface area contributed by atoms with Crippen LogP contribution in [-0.4, -0.2) is 56.8 Å². The Kier molecular flexibility index (Phi) is 10.0. The Morgan fingerprint density at radius 1 is 1.05 bits per heavy atom. The SMILES string of the molecule is CC[C@@H](C)NC(=O)[C@H](CC)N(Cc1cccc(C)c1)C(=O)CCCN(c1ccc2c(c1)OCO2)S(C)(=O)=O. The number of sulfonamides is 1. The Morgan fingerprint density at radius 2 is 1.79 bits per heavy atom. The number of carbonyl (C=O) groups is 2. The number of benzene rings is 2. The van der Waals surface area contributed by atoms with Gasteiger partial charge in [-0.1, -0.05) is 43.7 Å². The number of ether oxygens (including phenoxy) is 2. The molecule has 208 valence electrons. The average Bonchev–Trinajstić information content (AvgIpc) is 3.33. The highest BCUT2D eigenvalue weighted by atomic mass is 32.2. The van der Waals surface area contributed by atoms with Gasteiger partial charge in [0, 0.05) is 31.6 Å². The van der Waals surface area contributed by atoms with Crippen molar-refractivity contribution in [2.75, 3.05) is 23.9 Å². The number of carbonyl (C=O) groups excluding carboxylic acids is 2. The molecule has 0 spiro atoms. The number of anilines is 1. The maximum Gasteiger partial charge on any atom is 0.243 e. The fourth-order valence-corrected chi connectivity index (χ4v) is 5.37. The highest BCUT2D eigenvalue weighted by Crippen LogP contribution is 2.36. The van der Waals surface area contributed by atoms with Crippen LogP contribution < -0.4 is 19.1 Å². The largest absolute Gasteiger partial charge is 0.454 e. The summed E-state index contributed by atoms with van der Waals surface area (Å²) in [6, 6.07) is 12.2. The molecule has 1 N–H and O–H groups in total. The van der Waals surface area contributed by atoms with Crippen molar-refractivity contribution in [1.29, 1.82) is 0 Å². The summed E-state index contributed by atoms with van der Waals surface area (Å²) >= 11 is 0. The van der Waals surface area contributed by atoms with Crippen LogP contribution in [0.15, 0.2) is 42.5 Å². The normalized spacial score (nSPS) is 14.0. The molecule has 0 saturated carbocycles. The highest BCUT2D eigenvalue weighted by molar-refractivity contribution is 7.92. The summed E-state index contributed by atoms with van der Waals surface area (Å²) in [6.45, 7) is 8.30. The zero-order valence-electron chi connectivity index (χ0n) is 22.9. The summed E-state index contributed by atoms with van der Waals surface area (Å²) < 4.78 is 37.2. The Morgan fingerprint density at radius 3 is 2.45 bits per heavy atom. The minimum Gasteiger partial charge on any atom is -0.454 e. The highest BCUT2D eigenvalue weighted by Gasteiger charge is 2.29. The maximum absolute atomic E-state index is 13.6. The van der Waals surface area contributed by atoms with Gasteiger partial charge in [-0.25, -0.2) is 8.42 Å². The van der Waals surface area contributed by atoms with Crippen molar-refractivity contribution >= 4 is 27.5 Å². The lowest BCUT2D eigenvalue weighted by Gasteiger charge is -2.32. The predicted octanol–water partition coefficient (Wildman–Crippen LogP) is 3.99. The molecule has 0 bridgehead atoms. The van der Waals surface area contributed by atoms with Gasteiger partial charge in [-0.2, -0.15) is 0 Å². The van der Waals surface area contributed by atoms with Crippen LogP contribution in [0.4, 0.5) is 5.69 Å². The van der Waals surface area contributed by atoms with Crippen LogP contribution >= 0.6 is 0 Å². The topological polar surface area (TPSA) is 105 Å². The van der Waals surface area contributed by atoms with E-state index in [1.807, 2.05) is 52.0 Å². The molecule has 2 aromatic carbocycles. The van der Waals surface area contributed by atoms with Crippen LogP contribution in [-0.2, 0) is 26.2 Å². The quantitative estimate of drug-likeness (QED) is 0.408. The van der Waals surface area contributed by atoms with Gasteiger partial charge in [-0.05, 0) is 50.8 Å². The number of aryl methyl sites for hydroxylation is 1. The minimum absolute atomic E-state index is 0.00232. The number of fused-ring (bicyclic) bond motifs is 1. The summed E-state index contributed by atoms with van der Waals surface area (Å²) in [5.41, 5.74) is 2.45. The van der Waals surface area contributed by atoms with Crippen LogP contribution in [0, 0.1) is 6.92 Å². The van der Waals surface area contributed by atoms with E-state index < -0.39 is 16.1 Å². The number of nitrogens with one attached hydrogen (secondary N) is 1. The molecule has 0 saturated heterocycles. The molecular formula is C28H39N3O6S. The van der Waals surface area contributed by atoms with E-state index in [0.717, 1.165) is 23.8 Å². The molecule has 2 atom stereocenters. The van der Waals surface area contributed by atoms with Crippen molar-refractivity contribution in [2.24, 2.45) is 0 Å². The molecule has 0 fully saturated rings. The molecule has 1 aliphatic rings. The predicted molar refractivity (Wildman–Crippen MR) is 148 cm³/mol. The summed E-state index contributed by atoms with van der Waals surface area (Å²) in [7, 11) is -3.61. The Hall–Kier alpha value is -3.27. The molecule has 10 heteroatoms. The van der Waals surface area contributed by atoms with E-state index in [0.29, 0.717) is 30.2 Å². The second-order valence-corrected chi connectivity index (χ2v) is 11.6. The smallest absolute Gasteiger partial charge is 0.243 e. The monoisotopic (exact) mass is 545 g/mol. The van der Waals surface area contributed by atoms with E-state index in [1.54, 1.807) is 23.1 Å². The first-order valence-corrected chi connectivity index (χ1v) is 14.9. The molecule has 2 aromatic rings. The molecule has 3 rings (SSSR count). The van der Waals surface area contributed by atoms with Gasteiger partial charge in [0.05, 0.1) is 11.9 Å². The lowest BCUT2D eigenvalue weighted by Crippen LogP contribution is -2.50. The summed E-state index contributed by atoms with van der Waals surface area (Å²) in [5, 5.41) is 3.01. The molecular weight excluding hydrogens is 506 g/mol. The molecule has 1 heterocycles. The van der Waals surface area contributed by atoms with Crippen molar-refractivity contribution < 1.29 is 27.5 Å². The van der Waals surface area contributed by atoms with Gasteiger partial charge in [-0.15, -0.1) is 0 Å². The summed E-state index contributed by atoms with van der Waals surface area (Å²) in [5.74, 6) is 0.665. The summed E-state index contributed by atoms with van der Waals surface area (Å²) in [4.78, 5) is 28.3. The third kappa shape index (κ3) is 7.63. The van der Waals surface area contributed by atoms with Crippen LogP contribution in [0.3, 0.4) is 0 Å². The van der Waals surface area contributed by atoms with Gasteiger partial charge in [0.1, 0.15) is 6.04 Å². The van der Waals surface area contributed by atoms with E-state index in [4.69, 9.17) is 9.47 Å². The van der Waals surface area contributed by atoms with Crippen LogP contribution in [0.2, 0.25) is 0 Å². The first-order valence-electron chi connectivity index (χ1n) is 13.1. The number of rotatable bonds is 13. The number of amides is 2. The Labute approximate surface area is 226 Å². The molecule has 0 aromatic heterocycles. The van der Waals surface area contributed by atoms with Crippen molar-refractivity contribution in [1.82, 2.24) is 10.2 Å². The third-order valence-corrected chi connectivity index (χ3v) is 7.81. The van der Waals surface area contributed by atoms with E-state index in [2.05, 4.69) is 5.32 Å². The van der Waals surface area contributed by atoms with Crippen molar-refractivity contribution in [3.8, 4) is 11.5 Å². The van der Waals surface area contributed by atoms with Crippen molar-refractivity contribution in [2.45, 2.75) is 72.0 Å². The number of hydrogen-bond acceptors (Lipinski definition) is 6. The summed E-state index contributed by atoms with van der Waals surface area (Å²) in [6.07, 6.45) is 2.76. The first kappa shape index (κ1) is 29.3. The van der Waals surface area contributed by atoms with E-state index >= 15 is 0 Å². The fourth-order valence-electron chi connectivity index (χ4n) is 4.41. The number of hydrogen-bond donors (Lipinski definition) is 1. The molecule has 0 unspecified atom stereocenters. The molecule has 9 nitrogen and oxygen atoms in total. The number of nitrogens with zero attached hydrogens (tertiary/aromatic N) is 2. The molecule has 1 aliphatic heterocycles. The molecule has 0 radical (unpaired) electrons. The van der Waals surface area contributed by atoms with Gasteiger partial charge < -0.3 is 19.7 Å². The van der Waals surface area contributed by atoms with E-state index in [1.165, 1.54) is 4.31 Å². The van der Waals surface area contributed by atoms with Crippen LogP contribution in [0.5, 0.6) is 11.5 Å². The van der Waals surface area contributed by atoms with Gasteiger partial charge in [0.2, 0.25) is 28.6 Å². The Balaban J connectivity index is 1.77. The molecule has 38 heavy (non-hydrogen) atoms. The fraction of sp³-hybridized carbons (Fsp3) is 0.500. The van der Waals surface area contributed by atoms with Gasteiger partial charge in [0.15, 0.2) is 11.5 Å². The third-order valence-electron chi connectivity index (χ3n) is 6.62. The first-order chi connectivity index (χ1) is 18.0. The van der Waals surface area contributed by atoms with E-state index in [9.17, 15) is 18.0 Å². The lowest BCUT2D eigenvalue weighted by atomic mass is 10.1. The second-order valence-electron chi connectivity index (χ2n) is 9.73. The van der Waals surface area contributed by atoms with Crippen molar-refractivity contribution in [3.63, 3.8) is 0 Å². The zero-order chi connectivity index (χ0) is 27.9. The molecule has 0 aliphatic carbocycles. The maximum atomic E-state index is 13.6. The standard InChI is InChI=1S/C28H39N3O6S/c1-6-21(4)29-28(33)24(7-2)30(18-22-11-8-10-20(3)16-22)27(32)12-9-15-31(38(5,34)35)23-13-14-25-26(17-23)37-19-36-25/h8,10-11,13-14,16-17,21,24H,6-7,9,12,15,18-19H2,1-5H3,(H,29,33)/t21-,24+/m1/s1. The lowest BCUT2D eigenvalue weighted by molar-refractivity contribution is -0.141. The Bertz CT molecular complexity index is 1230. The second kappa shape index (κ2) is 13.0. The van der Waals surface area contributed by atoms with Gasteiger partial charge in [-0.3, -0.25) is 13.9 Å². The zero-order valence-corrected chi connectivity index (χ0v) is 23.7. The average molecular weight is 546 g/mol. The van der Waals surface area contributed by atoms with Gasteiger partial charge >= 0.3 is 0 Å². The van der Waals surface area contributed by atoms with Crippen LogP contribution in [0.1, 0.15) is 57.6 Å². The minimum atomic E-state index is -3.61.